The van der Waals surface area contributed by atoms with E-state index in [0.717, 1.165) is 30.2 Å². The molecule has 0 aromatic rings. The van der Waals surface area contributed by atoms with Crippen LogP contribution in [0.15, 0.2) is 0 Å². The van der Waals surface area contributed by atoms with E-state index in [1.165, 1.54) is 51.4 Å². The average molecular weight is 209 g/mol. The van der Waals surface area contributed by atoms with Crippen molar-refractivity contribution in [2.75, 3.05) is 6.54 Å². The van der Waals surface area contributed by atoms with Crippen molar-refractivity contribution < 1.29 is 0 Å². The molecular weight excluding hydrogens is 182 g/mol. The lowest BCUT2D eigenvalue weighted by Crippen LogP contribution is -2.24. The Bertz CT molecular complexity index is 186. The monoisotopic (exact) mass is 209 g/mol. The van der Waals surface area contributed by atoms with Crippen molar-refractivity contribution in [1.29, 1.82) is 0 Å². The fraction of sp³-hybridized carbons (Fsp3) is 1.00. The summed E-state index contributed by atoms with van der Waals surface area (Å²) in [5, 5.41) is 0. The summed E-state index contributed by atoms with van der Waals surface area (Å²) in [5.74, 6) is 4.27. The fourth-order valence-electron chi connectivity index (χ4n) is 3.83. The third-order valence-corrected chi connectivity index (χ3v) is 4.94. The zero-order valence-corrected chi connectivity index (χ0v) is 10.3. The standard InChI is InChI=1S/C14H27N/c1-2-12-9-11(5-4-8-15)10-14(12)13-6-3-7-13/h11-14H,2-10,15H2,1H3. The number of nitrogens with two attached hydrogens (primary N) is 1. The predicted molar refractivity (Wildman–Crippen MR) is 65.6 cm³/mol. The Hall–Kier alpha value is -0.0400. The molecule has 88 valence electrons. The quantitative estimate of drug-likeness (QED) is 0.736. The van der Waals surface area contributed by atoms with Gasteiger partial charge in [0.15, 0.2) is 0 Å². The molecule has 2 rings (SSSR count). The first-order valence-corrected chi connectivity index (χ1v) is 7.05. The van der Waals surface area contributed by atoms with E-state index < -0.39 is 0 Å². The molecule has 2 saturated carbocycles. The van der Waals surface area contributed by atoms with E-state index in [2.05, 4.69) is 6.92 Å². The molecule has 0 saturated heterocycles. The Morgan fingerprint density at radius 1 is 1.20 bits per heavy atom. The van der Waals surface area contributed by atoms with E-state index in [1.54, 1.807) is 0 Å². The van der Waals surface area contributed by atoms with Crippen molar-refractivity contribution in [1.82, 2.24) is 0 Å². The SMILES string of the molecule is CCC1CC(CCCN)CC1C1CCC1. The minimum absolute atomic E-state index is 0.890. The molecule has 1 nitrogen and oxygen atoms in total. The lowest BCUT2D eigenvalue weighted by molar-refractivity contribution is 0.162. The van der Waals surface area contributed by atoms with Crippen molar-refractivity contribution in [3.63, 3.8) is 0 Å². The van der Waals surface area contributed by atoms with Crippen LogP contribution < -0.4 is 5.73 Å². The Labute approximate surface area is 94.8 Å². The summed E-state index contributed by atoms with van der Waals surface area (Å²) in [6, 6.07) is 0. The largest absolute Gasteiger partial charge is 0.330 e. The summed E-state index contributed by atoms with van der Waals surface area (Å²) < 4.78 is 0. The molecule has 15 heavy (non-hydrogen) atoms. The van der Waals surface area contributed by atoms with Crippen LogP contribution >= 0.6 is 0 Å². The van der Waals surface area contributed by atoms with Gasteiger partial charge in [-0.2, -0.15) is 0 Å². The maximum absolute atomic E-state index is 5.61. The molecule has 3 atom stereocenters. The minimum atomic E-state index is 0.890. The van der Waals surface area contributed by atoms with Crippen LogP contribution in [0, 0.1) is 23.7 Å². The van der Waals surface area contributed by atoms with Crippen molar-refractivity contribution in [2.45, 2.75) is 58.3 Å². The zero-order chi connectivity index (χ0) is 10.7. The third-order valence-electron chi connectivity index (χ3n) is 4.94. The second-order valence-electron chi connectivity index (χ2n) is 5.79. The second kappa shape index (κ2) is 5.34. The molecule has 1 heteroatoms. The number of hydrogen-bond acceptors (Lipinski definition) is 1. The van der Waals surface area contributed by atoms with Crippen LogP contribution in [0.25, 0.3) is 0 Å². The molecule has 2 fully saturated rings. The normalized spacial score (nSPS) is 36.8. The molecular formula is C14H27N. The van der Waals surface area contributed by atoms with Gasteiger partial charge in [0.05, 0.1) is 0 Å². The molecule has 0 spiro atoms. The van der Waals surface area contributed by atoms with E-state index >= 15 is 0 Å². The Morgan fingerprint density at radius 3 is 2.53 bits per heavy atom. The van der Waals surface area contributed by atoms with Crippen molar-refractivity contribution in [2.24, 2.45) is 29.4 Å². The van der Waals surface area contributed by atoms with Gasteiger partial charge in [-0.3, -0.25) is 0 Å². The van der Waals surface area contributed by atoms with E-state index in [0.29, 0.717) is 0 Å². The molecule has 2 aliphatic rings. The first-order chi connectivity index (χ1) is 7.35. The summed E-state index contributed by atoms with van der Waals surface area (Å²) in [6.07, 6.45) is 11.7. The zero-order valence-electron chi connectivity index (χ0n) is 10.3. The molecule has 0 aromatic heterocycles. The summed E-state index contributed by atoms with van der Waals surface area (Å²) in [7, 11) is 0. The lowest BCUT2D eigenvalue weighted by Gasteiger charge is -2.34. The van der Waals surface area contributed by atoms with Crippen molar-refractivity contribution in [3.8, 4) is 0 Å². The molecule has 0 aromatic carbocycles. The second-order valence-corrected chi connectivity index (χ2v) is 5.79. The highest BCUT2D eigenvalue weighted by Crippen LogP contribution is 2.49. The molecule has 2 N–H and O–H groups in total. The predicted octanol–water partition coefficient (Wildman–Crippen LogP) is 3.58. The van der Waals surface area contributed by atoms with Crippen LogP contribution in [0.1, 0.15) is 58.3 Å². The summed E-state index contributed by atoms with van der Waals surface area (Å²) in [6.45, 7) is 3.28. The van der Waals surface area contributed by atoms with Gasteiger partial charge < -0.3 is 5.73 Å². The van der Waals surface area contributed by atoms with Crippen LogP contribution in [0.2, 0.25) is 0 Å². The Kier molecular flexibility index (Phi) is 4.07. The molecule has 2 aliphatic carbocycles. The van der Waals surface area contributed by atoms with Crippen molar-refractivity contribution >= 4 is 0 Å². The van der Waals surface area contributed by atoms with Crippen LogP contribution in [0.3, 0.4) is 0 Å². The van der Waals surface area contributed by atoms with Gasteiger partial charge in [-0.15, -0.1) is 0 Å². The number of rotatable bonds is 5. The molecule has 3 unspecified atom stereocenters. The van der Waals surface area contributed by atoms with Crippen LogP contribution in [0.5, 0.6) is 0 Å². The summed E-state index contributed by atoms with van der Waals surface area (Å²) in [5.41, 5.74) is 5.61. The summed E-state index contributed by atoms with van der Waals surface area (Å²) in [4.78, 5) is 0. The van der Waals surface area contributed by atoms with Gasteiger partial charge in [-0.25, -0.2) is 0 Å². The van der Waals surface area contributed by atoms with Crippen LogP contribution in [0.4, 0.5) is 0 Å². The van der Waals surface area contributed by atoms with Gasteiger partial charge in [0.2, 0.25) is 0 Å². The highest BCUT2D eigenvalue weighted by molar-refractivity contribution is 4.89. The van der Waals surface area contributed by atoms with Gasteiger partial charge in [0, 0.05) is 0 Å². The first-order valence-electron chi connectivity index (χ1n) is 7.05. The Balaban J connectivity index is 1.82. The molecule has 0 radical (unpaired) electrons. The van der Waals surface area contributed by atoms with Gasteiger partial charge >= 0.3 is 0 Å². The first kappa shape index (κ1) is 11.4. The highest BCUT2D eigenvalue weighted by atomic mass is 14.5. The van der Waals surface area contributed by atoms with E-state index in [9.17, 15) is 0 Å². The molecule has 0 amide bonds. The average Bonchev–Trinajstić information content (AvgIpc) is 2.55. The van der Waals surface area contributed by atoms with Gasteiger partial charge in [-0.1, -0.05) is 32.6 Å². The van der Waals surface area contributed by atoms with E-state index in [1.807, 2.05) is 0 Å². The summed E-state index contributed by atoms with van der Waals surface area (Å²) >= 11 is 0. The highest BCUT2D eigenvalue weighted by Gasteiger charge is 2.39. The maximum Gasteiger partial charge on any atom is -0.00772 e. The molecule has 0 aliphatic heterocycles. The van der Waals surface area contributed by atoms with Crippen molar-refractivity contribution in [3.05, 3.63) is 0 Å². The Morgan fingerprint density at radius 2 is 2.00 bits per heavy atom. The maximum atomic E-state index is 5.61. The third kappa shape index (κ3) is 2.55. The van der Waals surface area contributed by atoms with E-state index in [4.69, 9.17) is 5.73 Å². The minimum Gasteiger partial charge on any atom is -0.330 e. The van der Waals surface area contributed by atoms with Gasteiger partial charge in [0.25, 0.3) is 0 Å². The topological polar surface area (TPSA) is 26.0 Å². The van der Waals surface area contributed by atoms with E-state index in [-0.39, 0.29) is 0 Å². The van der Waals surface area contributed by atoms with Crippen LogP contribution in [-0.2, 0) is 0 Å². The van der Waals surface area contributed by atoms with Gasteiger partial charge in [0.1, 0.15) is 0 Å². The molecule has 0 bridgehead atoms. The van der Waals surface area contributed by atoms with Crippen LogP contribution in [-0.4, -0.2) is 6.54 Å². The molecule has 0 heterocycles. The van der Waals surface area contributed by atoms with Gasteiger partial charge in [-0.05, 0) is 55.9 Å². The lowest BCUT2D eigenvalue weighted by atomic mass is 9.71. The smallest absolute Gasteiger partial charge is 0.00772 e. The number of hydrogen-bond donors (Lipinski definition) is 1. The fourth-order valence-corrected chi connectivity index (χ4v) is 3.83.